The number of hydrogen-bond acceptors (Lipinski definition) is 1. The first-order valence-corrected chi connectivity index (χ1v) is 9.88. The van der Waals surface area contributed by atoms with Crippen LogP contribution in [-0.4, -0.2) is 6.61 Å². The highest BCUT2D eigenvalue weighted by Crippen LogP contribution is 2.38. The lowest BCUT2D eigenvalue weighted by atomic mass is 9.77. The van der Waals surface area contributed by atoms with Crippen LogP contribution in [0.4, 0.5) is 4.39 Å². The number of benzene rings is 2. The van der Waals surface area contributed by atoms with Gasteiger partial charge < -0.3 is 4.74 Å². The van der Waals surface area contributed by atoms with Crippen LogP contribution in [0.2, 0.25) is 0 Å². The van der Waals surface area contributed by atoms with Gasteiger partial charge in [0.25, 0.3) is 0 Å². The van der Waals surface area contributed by atoms with Gasteiger partial charge in [0.05, 0.1) is 12.9 Å². The highest BCUT2D eigenvalue weighted by molar-refractivity contribution is 5.64. The molecule has 0 amide bonds. The number of ether oxygens (including phenoxy) is 1. The van der Waals surface area contributed by atoms with Crippen LogP contribution in [0.3, 0.4) is 0 Å². The van der Waals surface area contributed by atoms with E-state index in [0.717, 1.165) is 24.5 Å². The van der Waals surface area contributed by atoms with E-state index in [2.05, 4.69) is 36.4 Å². The van der Waals surface area contributed by atoms with Crippen molar-refractivity contribution in [3.8, 4) is 16.9 Å². The maximum atomic E-state index is 12.1. The first kappa shape index (κ1) is 18.7. The molecule has 0 heterocycles. The van der Waals surface area contributed by atoms with E-state index >= 15 is 0 Å². The smallest absolute Gasteiger partial charge is 0.119 e. The molecule has 2 aromatic rings. The Bertz CT molecular complexity index is 679. The third-order valence-corrected chi connectivity index (χ3v) is 5.56. The van der Waals surface area contributed by atoms with Crippen molar-refractivity contribution in [3.05, 3.63) is 66.5 Å². The molecule has 1 aliphatic rings. The van der Waals surface area contributed by atoms with Gasteiger partial charge in [0.2, 0.25) is 0 Å². The Morgan fingerprint density at radius 1 is 0.923 bits per heavy atom. The van der Waals surface area contributed by atoms with Gasteiger partial charge in [-0.2, -0.15) is 0 Å². The van der Waals surface area contributed by atoms with Crippen LogP contribution in [0.1, 0.15) is 56.9 Å². The molecule has 0 spiro atoms. The fourth-order valence-electron chi connectivity index (χ4n) is 4.04. The van der Waals surface area contributed by atoms with Gasteiger partial charge in [-0.25, -0.2) is 4.39 Å². The number of hydrogen-bond donors (Lipinski definition) is 0. The molecule has 0 aliphatic heterocycles. The lowest BCUT2D eigenvalue weighted by Gasteiger charge is -2.28. The van der Waals surface area contributed by atoms with Crippen LogP contribution in [0, 0.1) is 5.92 Å². The van der Waals surface area contributed by atoms with Crippen LogP contribution in [0.25, 0.3) is 11.1 Å². The van der Waals surface area contributed by atoms with E-state index in [0.29, 0.717) is 18.9 Å². The number of halogens is 1. The molecule has 0 aromatic heterocycles. The monoisotopic (exact) mass is 352 g/mol. The van der Waals surface area contributed by atoms with E-state index < -0.39 is 0 Å². The molecule has 2 heteroatoms. The summed E-state index contributed by atoms with van der Waals surface area (Å²) < 4.78 is 17.6. The first-order chi connectivity index (χ1) is 12.8. The highest BCUT2D eigenvalue weighted by atomic mass is 19.1. The number of rotatable bonds is 7. The summed E-state index contributed by atoms with van der Waals surface area (Å²) >= 11 is 0. The summed E-state index contributed by atoms with van der Waals surface area (Å²) in [6.45, 7) is 2.70. The normalized spacial score (nSPS) is 20.4. The van der Waals surface area contributed by atoms with Crippen molar-refractivity contribution in [2.75, 3.05) is 6.61 Å². The highest BCUT2D eigenvalue weighted by Gasteiger charge is 2.21. The van der Waals surface area contributed by atoms with Gasteiger partial charge in [0, 0.05) is 0 Å². The molecule has 0 radical (unpaired) electrons. The van der Waals surface area contributed by atoms with Crippen LogP contribution >= 0.6 is 0 Å². The molecule has 1 aliphatic carbocycles. The largest absolute Gasteiger partial charge is 0.494 e. The molecule has 0 bridgehead atoms. The van der Waals surface area contributed by atoms with Gasteiger partial charge in [0.15, 0.2) is 0 Å². The molecule has 3 rings (SSSR count). The van der Waals surface area contributed by atoms with E-state index in [4.69, 9.17) is 4.74 Å². The second-order valence-corrected chi connectivity index (χ2v) is 7.24. The molecule has 26 heavy (non-hydrogen) atoms. The Labute approximate surface area is 156 Å². The van der Waals surface area contributed by atoms with E-state index in [1.165, 1.54) is 42.4 Å². The lowest BCUT2D eigenvalue weighted by Crippen LogP contribution is -2.13. The molecular formula is C24H29FO. The van der Waals surface area contributed by atoms with E-state index in [-0.39, 0.29) is 0 Å². The Balaban J connectivity index is 1.56. The Kier molecular flexibility index (Phi) is 6.88. The van der Waals surface area contributed by atoms with Crippen molar-refractivity contribution in [2.45, 2.75) is 51.4 Å². The van der Waals surface area contributed by atoms with Gasteiger partial charge in [-0.05, 0) is 86.1 Å². The molecular weight excluding hydrogens is 323 g/mol. The van der Waals surface area contributed by atoms with Crippen LogP contribution in [0.5, 0.6) is 5.75 Å². The van der Waals surface area contributed by atoms with Crippen LogP contribution < -0.4 is 4.74 Å². The molecule has 138 valence electrons. The zero-order valence-corrected chi connectivity index (χ0v) is 15.7. The minimum atomic E-state index is 0.678. The first-order valence-electron chi connectivity index (χ1n) is 9.88. The van der Waals surface area contributed by atoms with Gasteiger partial charge in [-0.15, -0.1) is 0 Å². The van der Waals surface area contributed by atoms with Gasteiger partial charge >= 0.3 is 0 Å². The minimum Gasteiger partial charge on any atom is -0.494 e. The van der Waals surface area contributed by atoms with Gasteiger partial charge in [-0.3, -0.25) is 0 Å². The van der Waals surface area contributed by atoms with Crippen molar-refractivity contribution in [1.82, 2.24) is 0 Å². The molecule has 1 nitrogen and oxygen atoms in total. The maximum Gasteiger partial charge on any atom is 0.119 e. The topological polar surface area (TPSA) is 9.23 Å². The molecule has 1 fully saturated rings. The zero-order chi connectivity index (χ0) is 18.2. The predicted octanol–water partition coefficient (Wildman–Crippen LogP) is 7.29. The Hall–Kier alpha value is -2.09. The molecule has 0 atom stereocenters. The van der Waals surface area contributed by atoms with Crippen LogP contribution in [0.15, 0.2) is 60.9 Å². The molecule has 1 saturated carbocycles. The van der Waals surface area contributed by atoms with Crippen LogP contribution in [-0.2, 0) is 0 Å². The van der Waals surface area contributed by atoms with E-state index in [9.17, 15) is 4.39 Å². The second kappa shape index (κ2) is 9.56. The number of allylic oxidation sites excluding steroid dienone is 1. The summed E-state index contributed by atoms with van der Waals surface area (Å²) in [7, 11) is 0. The second-order valence-electron chi connectivity index (χ2n) is 7.24. The average molecular weight is 352 g/mol. The average Bonchev–Trinajstić information content (AvgIpc) is 2.70. The van der Waals surface area contributed by atoms with Crippen molar-refractivity contribution in [1.29, 1.82) is 0 Å². The minimum absolute atomic E-state index is 0.678. The Morgan fingerprint density at radius 2 is 1.54 bits per heavy atom. The van der Waals surface area contributed by atoms with E-state index in [1.807, 2.05) is 19.1 Å². The van der Waals surface area contributed by atoms with Crippen molar-refractivity contribution in [3.63, 3.8) is 0 Å². The Morgan fingerprint density at radius 3 is 2.12 bits per heavy atom. The van der Waals surface area contributed by atoms with Gasteiger partial charge in [-0.1, -0.05) is 42.5 Å². The molecule has 0 N–H and O–H groups in total. The summed E-state index contributed by atoms with van der Waals surface area (Å²) in [5.41, 5.74) is 3.94. The quantitative estimate of drug-likeness (QED) is 0.508. The molecule has 2 aromatic carbocycles. The summed E-state index contributed by atoms with van der Waals surface area (Å²) in [4.78, 5) is 0. The van der Waals surface area contributed by atoms with E-state index in [1.54, 1.807) is 6.08 Å². The van der Waals surface area contributed by atoms with Crippen molar-refractivity contribution < 1.29 is 9.13 Å². The standard InChI is InChI=1S/C24H29FO/c1-2-26-24-16-14-23(15-17-24)22-12-10-21(11-13-22)20-8-6-19(7-9-20)5-3-4-18-25/h4,10-20H,2-3,5-9H2,1H3. The summed E-state index contributed by atoms with van der Waals surface area (Å²) in [6, 6.07) is 17.4. The third kappa shape index (κ3) is 4.97. The maximum absolute atomic E-state index is 12.1. The predicted molar refractivity (Wildman–Crippen MR) is 107 cm³/mol. The fourth-order valence-corrected chi connectivity index (χ4v) is 4.04. The SMILES string of the molecule is CCOc1ccc(-c2ccc(C3CCC(CCC=CF)CC3)cc2)cc1. The lowest BCUT2D eigenvalue weighted by molar-refractivity contribution is 0.311. The summed E-state index contributed by atoms with van der Waals surface area (Å²) in [6.07, 6.45) is 9.38. The van der Waals surface area contributed by atoms with Gasteiger partial charge in [0.1, 0.15) is 5.75 Å². The fraction of sp³-hybridized carbons (Fsp3) is 0.417. The van der Waals surface area contributed by atoms with Crippen molar-refractivity contribution >= 4 is 0 Å². The summed E-state index contributed by atoms with van der Waals surface area (Å²) in [5.74, 6) is 2.37. The molecule has 0 unspecified atom stereocenters. The molecule has 0 saturated heterocycles. The summed E-state index contributed by atoms with van der Waals surface area (Å²) in [5, 5.41) is 0. The third-order valence-electron chi connectivity index (χ3n) is 5.56. The zero-order valence-electron chi connectivity index (χ0n) is 15.7. The van der Waals surface area contributed by atoms with Crippen molar-refractivity contribution in [2.24, 2.45) is 5.92 Å².